The molecule has 0 radical (unpaired) electrons. The fourth-order valence-corrected chi connectivity index (χ4v) is 1.50. The summed E-state index contributed by atoms with van der Waals surface area (Å²) < 4.78 is 10.7. The van der Waals surface area contributed by atoms with Gasteiger partial charge in [0.25, 0.3) is 0 Å². The van der Waals surface area contributed by atoms with Crippen molar-refractivity contribution in [3.63, 3.8) is 0 Å². The molecule has 1 rings (SSSR count). The van der Waals surface area contributed by atoms with Crippen molar-refractivity contribution in [3.8, 4) is 0 Å². The van der Waals surface area contributed by atoms with E-state index in [9.17, 15) is 4.57 Å². The van der Waals surface area contributed by atoms with E-state index in [4.69, 9.17) is 10.6 Å². The molecule has 3 N–H and O–H groups in total. The van der Waals surface area contributed by atoms with Crippen molar-refractivity contribution in [1.29, 1.82) is 0 Å². The van der Waals surface area contributed by atoms with Crippen LogP contribution in [0.15, 0.2) is 24.3 Å². The Kier molecular flexibility index (Phi) is 3.52. The number of rotatable bonds is 3. The van der Waals surface area contributed by atoms with Crippen LogP contribution in [-0.2, 0) is 11.0 Å². The lowest BCUT2D eigenvalue weighted by atomic mass is 10.1. The molecule has 2 unspecified atom stereocenters. The summed E-state index contributed by atoms with van der Waals surface area (Å²) in [4.78, 5) is 8.86. The maximum absolute atomic E-state index is 10.7. The van der Waals surface area contributed by atoms with Crippen molar-refractivity contribution < 1.29 is 9.46 Å². The molecular formula is C9H14NO2P. The number of nitrogens with two attached hydrogens (primary N) is 1. The van der Waals surface area contributed by atoms with E-state index in [0.29, 0.717) is 12.1 Å². The molecule has 0 aliphatic rings. The van der Waals surface area contributed by atoms with Gasteiger partial charge in [-0.2, -0.15) is 0 Å². The lowest BCUT2D eigenvalue weighted by molar-refractivity contribution is 0.491. The summed E-state index contributed by atoms with van der Waals surface area (Å²) in [6, 6.07) is 7.38. The first-order valence-corrected chi connectivity index (χ1v) is 5.60. The van der Waals surface area contributed by atoms with Gasteiger partial charge in [-0.1, -0.05) is 19.1 Å². The lowest BCUT2D eigenvalue weighted by Crippen LogP contribution is -2.00. The zero-order valence-electron chi connectivity index (χ0n) is 7.53. The Balaban J connectivity index is 2.64. The van der Waals surface area contributed by atoms with Gasteiger partial charge in [0.2, 0.25) is 0 Å². The standard InChI is InChI=1S/C9H14NO2P/c1-7(13(11)12)6-8-2-4-9(10)5-3-8/h2-5,7,13H,6,10H2,1H3,(H,11,12). The molecule has 13 heavy (non-hydrogen) atoms. The highest BCUT2D eigenvalue weighted by atomic mass is 31.1. The van der Waals surface area contributed by atoms with Crippen LogP contribution < -0.4 is 5.73 Å². The molecule has 4 heteroatoms. The number of benzene rings is 1. The SMILES string of the molecule is CC(Cc1ccc(N)cc1)[PH](=O)O. The van der Waals surface area contributed by atoms with Crippen LogP contribution in [0.3, 0.4) is 0 Å². The summed E-state index contributed by atoms with van der Waals surface area (Å²) in [6.07, 6.45) is 0.634. The zero-order valence-corrected chi connectivity index (χ0v) is 8.53. The van der Waals surface area contributed by atoms with Gasteiger partial charge in [0.1, 0.15) is 0 Å². The van der Waals surface area contributed by atoms with Gasteiger partial charge in [-0.15, -0.1) is 0 Å². The van der Waals surface area contributed by atoms with Crippen molar-refractivity contribution in [3.05, 3.63) is 29.8 Å². The molecule has 0 aromatic heterocycles. The Morgan fingerprint density at radius 2 is 2.00 bits per heavy atom. The van der Waals surface area contributed by atoms with Crippen LogP contribution in [0, 0.1) is 0 Å². The Morgan fingerprint density at radius 3 is 2.46 bits per heavy atom. The Hall–Kier alpha value is -0.790. The third kappa shape index (κ3) is 3.21. The number of nitrogen functional groups attached to an aromatic ring is 1. The van der Waals surface area contributed by atoms with Gasteiger partial charge in [-0.3, -0.25) is 4.57 Å². The van der Waals surface area contributed by atoms with E-state index in [-0.39, 0.29) is 5.66 Å². The molecule has 2 atom stereocenters. The van der Waals surface area contributed by atoms with Gasteiger partial charge in [0.05, 0.1) is 0 Å². The predicted octanol–water partition coefficient (Wildman–Crippen LogP) is 1.67. The van der Waals surface area contributed by atoms with Gasteiger partial charge in [0.15, 0.2) is 8.03 Å². The smallest absolute Gasteiger partial charge is 0.192 e. The summed E-state index contributed by atoms with van der Waals surface area (Å²) in [5.74, 6) is 0. The average molecular weight is 199 g/mol. The predicted molar refractivity (Wildman–Crippen MR) is 55.2 cm³/mol. The molecule has 72 valence electrons. The second kappa shape index (κ2) is 4.45. The Bertz CT molecular complexity index is 297. The summed E-state index contributed by atoms with van der Waals surface area (Å²) in [6.45, 7) is 1.78. The fourth-order valence-electron chi connectivity index (χ4n) is 1.09. The van der Waals surface area contributed by atoms with E-state index < -0.39 is 8.03 Å². The van der Waals surface area contributed by atoms with Gasteiger partial charge in [0, 0.05) is 11.3 Å². The molecule has 1 aromatic rings. The van der Waals surface area contributed by atoms with Gasteiger partial charge >= 0.3 is 0 Å². The third-order valence-electron chi connectivity index (χ3n) is 1.94. The summed E-state index contributed by atoms with van der Waals surface area (Å²) in [7, 11) is -2.40. The summed E-state index contributed by atoms with van der Waals surface area (Å²) in [5, 5.41) is 0. The van der Waals surface area contributed by atoms with E-state index >= 15 is 0 Å². The summed E-state index contributed by atoms with van der Waals surface area (Å²) >= 11 is 0. The summed E-state index contributed by atoms with van der Waals surface area (Å²) in [5.41, 5.74) is 7.12. The molecule has 0 saturated carbocycles. The zero-order chi connectivity index (χ0) is 9.84. The molecule has 1 aromatic carbocycles. The topological polar surface area (TPSA) is 63.3 Å². The monoisotopic (exact) mass is 199 g/mol. The van der Waals surface area contributed by atoms with E-state index in [0.717, 1.165) is 5.56 Å². The highest BCUT2D eigenvalue weighted by Crippen LogP contribution is 2.25. The maximum Gasteiger partial charge on any atom is 0.192 e. The highest BCUT2D eigenvalue weighted by molar-refractivity contribution is 7.38. The molecule has 0 aliphatic heterocycles. The molecule has 0 aliphatic carbocycles. The minimum absolute atomic E-state index is 0.159. The first-order valence-electron chi connectivity index (χ1n) is 4.17. The maximum atomic E-state index is 10.7. The molecule has 0 bridgehead atoms. The van der Waals surface area contributed by atoms with Crippen molar-refractivity contribution in [2.45, 2.75) is 19.0 Å². The molecule has 3 nitrogen and oxygen atoms in total. The van der Waals surface area contributed by atoms with Crippen LogP contribution in [0.25, 0.3) is 0 Å². The van der Waals surface area contributed by atoms with Gasteiger partial charge < -0.3 is 10.6 Å². The van der Waals surface area contributed by atoms with Crippen LogP contribution in [-0.4, -0.2) is 10.6 Å². The van der Waals surface area contributed by atoms with Crippen molar-refractivity contribution in [2.75, 3.05) is 5.73 Å². The Morgan fingerprint density at radius 1 is 1.46 bits per heavy atom. The Labute approximate surface area is 78.5 Å². The first-order chi connectivity index (χ1) is 6.09. The minimum Gasteiger partial charge on any atom is -0.399 e. The van der Waals surface area contributed by atoms with Crippen LogP contribution in [0.5, 0.6) is 0 Å². The minimum atomic E-state index is -2.40. The average Bonchev–Trinajstić information content (AvgIpc) is 2.08. The largest absolute Gasteiger partial charge is 0.399 e. The molecule has 0 fully saturated rings. The number of hydrogen-bond acceptors (Lipinski definition) is 2. The van der Waals surface area contributed by atoms with Gasteiger partial charge in [-0.05, 0) is 24.1 Å². The van der Waals surface area contributed by atoms with Gasteiger partial charge in [-0.25, -0.2) is 0 Å². The number of hydrogen-bond donors (Lipinski definition) is 2. The van der Waals surface area contributed by atoms with Crippen LogP contribution in [0.4, 0.5) is 5.69 Å². The quantitative estimate of drug-likeness (QED) is 0.574. The molecule has 0 spiro atoms. The first kappa shape index (κ1) is 10.3. The van der Waals surface area contributed by atoms with Crippen molar-refractivity contribution >= 4 is 13.7 Å². The highest BCUT2D eigenvalue weighted by Gasteiger charge is 2.07. The lowest BCUT2D eigenvalue weighted by Gasteiger charge is -2.07. The molecule has 0 amide bonds. The van der Waals surface area contributed by atoms with E-state index in [1.54, 1.807) is 19.1 Å². The number of anilines is 1. The second-order valence-corrected chi connectivity index (χ2v) is 4.85. The van der Waals surface area contributed by atoms with E-state index in [1.807, 2.05) is 12.1 Å². The second-order valence-electron chi connectivity index (χ2n) is 3.18. The van der Waals surface area contributed by atoms with Crippen LogP contribution in [0.2, 0.25) is 0 Å². The molecular weight excluding hydrogens is 185 g/mol. The molecule has 0 heterocycles. The van der Waals surface area contributed by atoms with E-state index in [1.165, 1.54) is 0 Å². The van der Waals surface area contributed by atoms with Crippen LogP contribution in [0.1, 0.15) is 12.5 Å². The van der Waals surface area contributed by atoms with Crippen LogP contribution >= 0.6 is 8.03 Å². The fraction of sp³-hybridized carbons (Fsp3) is 0.333. The van der Waals surface area contributed by atoms with Crippen molar-refractivity contribution in [2.24, 2.45) is 0 Å². The third-order valence-corrected chi connectivity index (χ3v) is 2.99. The normalized spacial score (nSPS) is 15.2. The van der Waals surface area contributed by atoms with Crippen molar-refractivity contribution in [1.82, 2.24) is 0 Å². The van der Waals surface area contributed by atoms with E-state index in [2.05, 4.69) is 0 Å². The molecule has 0 saturated heterocycles.